The van der Waals surface area contributed by atoms with Crippen molar-refractivity contribution in [2.75, 3.05) is 19.8 Å². The van der Waals surface area contributed by atoms with Crippen LogP contribution in [0.1, 0.15) is 74.8 Å². The van der Waals surface area contributed by atoms with Crippen LogP contribution in [-0.2, 0) is 27.1 Å². The van der Waals surface area contributed by atoms with E-state index in [0.717, 1.165) is 42.4 Å². The van der Waals surface area contributed by atoms with Crippen LogP contribution in [0.2, 0.25) is 5.02 Å². The molecule has 0 N–H and O–H groups in total. The summed E-state index contributed by atoms with van der Waals surface area (Å²) in [5.74, 6) is -3.59. The molecular weight excluding hydrogens is 470 g/mol. The zero-order chi connectivity index (χ0) is 25.3. The number of rotatable bonds is 13. The molecule has 6 heteroatoms. The Morgan fingerprint density at radius 1 is 0.943 bits per heavy atom. The minimum Gasteiger partial charge on any atom is -0.492 e. The van der Waals surface area contributed by atoms with Crippen molar-refractivity contribution >= 4 is 11.6 Å². The van der Waals surface area contributed by atoms with Crippen LogP contribution in [0.3, 0.4) is 0 Å². The molecule has 0 bridgehead atoms. The standard InChI is InChI=1S/C29H37ClF2O3/c1-4-7-15-33-20-28-29(31,32)27(34-16-8-5-2)19-26(35-28)23-13-14-25(30)24(18-23)17-22-11-9-21(6-3)10-12-22/h9-14,18-19,26,28H,4-8,15-17,20H2,1-3H3. The van der Waals surface area contributed by atoms with Crippen molar-refractivity contribution < 1.29 is 23.0 Å². The Bertz CT molecular complexity index is 959. The van der Waals surface area contributed by atoms with E-state index in [0.29, 0.717) is 24.5 Å². The molecule has 35 heavy (non-hydrogen) atoms. The second kappa shape index (κ2) is 13.4. The second-order valence-electron chi connectivity index (χ2n) is 9.03. The molecule has 192 valence electrons. The van der Waals surface area contributed by atoms with E-state index in [1.807, 2.05) is 26.0 Å². The van der Waals surface area contributed by atoms with Gasteiger partial charge in [-0.1, -0.05) is 81.6 Å². The Balaban J connectivity index is 1.85. The van der Waals surface area contributed by atoms with Gasteiger partial charge in [-0.15, -0.1) is 0 Å². The molecule has 2 atom stereocenters. The number of benzene rings is 2. The van der Waals surface area contributed by atoms with Gasteiger partial charge in [-0.2, -0.15) is 8.78 Å². The highest BCUT2D eigenvalue weighted by atomic mass is 35.5. The van der Waals surface area contributed by atoms with Gasteiger partial charge in [-0.25, -0.2) is 0 Å². The summed E-state index contributed by atoms with van der Waals surface area (Å²) >= 11 is 6.51. The fraction of sp³-hybridized carbons (Fsp3) is 0.517. The van der Waals surface area contributed by atoms with Crippen molar-refractivity contribution in [3.05, 3.63) is 81.6 Å². The molecule has 0 aliphatic carbocycles. The lowest BCUT2D eigenvalue weighted by Gasteiger charge is -2.36. The predicted molar refractivity (Wildman–Crippen MR) is 137 cm³/mol. The fourth-order valence-electron chi connectivity index (χ4n) is 3.96. The Morgan fingerprint density at radius 2 is 1.63 bits per heavy atom. The van der Waals surface area contributed by atoms with Crippen molar-refractivity contribution in [2.24, 2.45) is 0 Å². The summed E-state index contributed by atoms with van der Waals surface area (Å²) in [4.78, 5) is 0. The molecule has 3 rings (SSSR count). The summed E-state index contributed by atoms with van der Waals surface area (Å²) in [6.07, 6.45) is 4.26. The molecule has 0 aromatic heterocycles. The van der Waals surface area contributed by atoms with Gasteiger partial charge in [0.2, 0.25) is 0 Å². The van der Waals surface area contributed by atoms with Crippen LogP contribution in [-0.4, -0.2) is 31.8 Å². The topological polar surface area (TPSA) is 27.7 Å². The Morgan fingerprint density at radius 3 is 2.31 bits per heavy atom. The highest BCUT2D eigenvalue weighted by molar-refractivity contribution is 6.31. The lowest BCUT2D eigenvalue weighted by Crippen LogP contribution is -2.45. The van der Waals surface area contributed by atoms with E-state index >= 15 is 8.78 Å². The number of hydrogen-bond donors (Lipinski definition) is 0. The molecule has 1 heterocycles. The maximum Gasteiger partial charge on any atom is 0.331 e. The van der Waals surface area contributed by atoms with Crippen LogP contribution in [0, 0.1) is 0 Å². The third-order valence-electron chi connectivity index (χ3n) is 6.24. The third-order valence-corrected chi connectivity index (χ3v) is 6.61. The molecule has 0 saturated carbocycles. The van der Waals surface area contributed by atoms with Crippen LogP contribution < -0.4 is 0 Å². The summed E-state index contributed by atoms with van der Waals surface area (Å²) in [6, 6.07) is 14.0. The number of unbranched alkanes of at least 4 members (excludes halogenated alkanes) is 2. The van der Waals surface area contributed by atoms with Crippen LogP contribution in [0.5, 0.6) is 0 Å². The van der Waals surface area contributed by atoms with Gasteiger partial charge in [0.05, 0.1) is 13.2 Å². The monoisotopic (exact) mass is 506 g/mol. The van der Waals surface area contributed by atoms with Gasteiger partial charge in [0.15, 0.2) is 11.9 Å². The molecule has 0 amide bonds. The normalized spacial score (nSPS) is 19.4. The summed E-state index contributed by atoms with van der Waals surface area (Å²) in [5.41, 5.74) is 4.10. The summed E-state index contributed by atoms with van der Waals surface area (Å²) in [6.45, 7) is 6.63. The van der Waals surface area contributed by atoms with E-state index in [9.17, 15) is 0 Å². The van der Waals surface area contributed by atoms with Gasteiger partial charge in [-0.05, 0) is 60.1 Å². The molecule has 2 aromatic rings. The van der Waals surface area contributed by atoms with Gasteiger partial charge < -0.3 is 14.2 Å². The van der Waals surface area contributed by atoms with Gasteiger partial charge in [0, 0.05) is 11.6 Å². The number of halogens is 3. The first-order valence-electron chi connectivity index (χ1n) is 12.7. The van der Waals surface area contributed by atoms with Crippen molar-refractivity contribution in [1.29, 1.82) is 0 Å². The average Bonchev–Trinajstić information content (AvgIpc) is 2.85. The zero-order valence-corrected chi connectivity index (χ0v) is 21.8. The number of hydrogen-bond acceptors (Lipinski definition) is 3. The lowest BCUT2D eigenvalue weighted by molar-refractivity contribution is -0.187. The lowest BCUT2D eigenvalue weighted by atomic mass is 9.97. The second-order valence-corrected chi connectivity index (χ2v) is 9.43. The molecule has 1 aliphatic rings. The summed E-state index contributed by atoms with van der Waals surface area (Å²) in [5, 5.41) is 0.636. The molecule has 0 fully saturated rings. The minimum atomic E-state index is -3.26. The van der Waals surface area contributed by atoms with E-state index in [1.165, 1.54) is 11.6 Å². The van der Waals surface area contributed by atoms with E-state index in [2.05, 4.69) is 31.2 Å². The van der Waals surface area contributed by atoms with E-state index < -0.39 is 18.1 Å². The molecule has 3 nitrogen and oxygen atoms in total. The van der Waals surface area contributed by atoms with Crippen molar-refractivity contribution in [3.63, 3.8) is 0 Å². The van der Waals surface area contributed by atoms with Crippen LogP contribution in [0.25, 0.3) is 0 Å². The number of ether oxygens (including phenoxy) is 3. The fourth-order valence-corrected chi connectivity index (χ4v) is 4.14. The highest BCUT2D eigenvalue weighted by Crippen LogP contribution is 2.41. The largest absolute Gasteiger partial charge is 0.492 e. The predicted octanol–water partition coefficient (Wildman–Crippen LogP) is 8.09. The number of aryl methyl sites for hydroxylation is 1. The molecule has 0 saturated heterocycles. The molecule has 0 spiro atoms. The minimum absolute atomic E-state index is 0.192. The van der Waals surface area contributed by atoms with E-state index in [1.54, 1.807) is 6.07 Å². The van der Waals surface area contributed by atoms with Gasteiger partial charge in [-0.3, -0.25) is 0 Å². The molecule has 2 unspecified atom stereocenters. The van der Waals surface area contributed by atoms with Gasteiger partial charge in [0.1, 0.15) is 6.10 Å². The van der Waals surface area contributed by atoms with E-state index in [4.69, 9.17) is 25.8 Å². The maximum absolute atomic E-state index is 15.2. The zero-order valence-electron chi connectivity index (χ0n) is 21.0. The van der Waals surface area contributed by atoms with Crippen LogP contribution >= 0.6 is 11.6 Å². The van der Waals surface area contributed by atoms with Crippen molar-refractivity contribution in [3.8, 4) is 0 Å². The average molecular weight is 507 g/mol. The Labute approximate surface area is 213 Å². The maximum atomic E-state index is 15.2. The molecule has 0 radical (unpaired) electrons. The van der Waals surface area contributed by atoms with Crippen LogP contribution in [0.15, 0.2) is 54.3 Å². The van der Waals surface area contributed by atoms with E-state index in [-0.39, 0.29) is 19.0 Å². The van der Waals surface area contributed by atoms with Crippen LogP contribution in [0.4, 0.5) is 8.78 Å². The van der Waals surface area contributed by atoms with Crippen molar-refractivity contribution in [2.45, 2.75) is 77.4 Å². The SMILES string of the molecule is CCCCOCC1OC(c2ccc(Cl)c(Cc3ccc(CC)cc3)c2)C=C(OCCCC)C1(F)F. The third kappa shape index (κ3) is 7.52. The quantitative estimate of drug-likeness (QED) is 0.257. The first-order valence-corrected chi connectivity index (χ1v) is 13.1. The van der Waals surface area contributed by atoms with Gasteiger partial charge >= 0.3 is 5.92 Å². The summed E-state index contributed by atoms with van der Waals surface area (Å²) in [7, 11) is 0. The first-order chi connectivity index (χ1) is 16.9. The van der Waals surface area contributed by atoms with Gasteiger partial charge in [0.25, 0.3) is 0 Å². The first kappa shape index (κ1) is 27.6. The Hall–Kier alpha value is -1.95. The number of alkyl halides is 2. The smallest absolute Gasteiger partial charge is 0.331 e. The summed E-state index contributed by atoms with van der Waals surface area (Å²) < 4.78 is 47.5. The molecular formula is C29H37ClF2O3. The molecule has 1 aliphatic heterocycles. The van der Waals surface area contributed by atoms with Crippen molar-refractivity contribution in [1.82, 2.24) is 0 Å². The molecule has 2 aromatic carbocycles. The highest BCUT2D eigenvalue weighted by Gasteiger charge is 2.50. The Kier molecular flexibility index (Phi) is 10.6.